The van der Waals surface area contributed by atoms with E-state index in [0.29, 0.717) is 40.4 Å². The molecule has 33 heavy (non-hydrogen) atoms. The molecule has 0 fully saturated rings. The fourth-order valence-electron chi connectivity index (χ4n) is 3.57. The predicted molar refractivity (Wildman–Crippen MR) is 123 cm³/mol. The van der Waals surface area contributed by atoms with Gasteiger partial charge in [-0.2, -0.15) is 5.26 Å². The second-order valence-corrected chi connectivity index (χ2v) is 8.17. The summed E-state index contributed by atoms with van der Waals surface area (Å²) in [6.07, 6.45) is 1.56. The SMILES string of the molecule is CCn1c(SCC(=O)Nc2c(C#N)c(C)c(C)n2-c2cccc(F)c2)nnc1-c1ccco1. The molecule has 0 radical (unpaired) electrons. The van der Waals surface area contributed by atoms with E-state index in [0.717, 1.165) is 11.3 Å². The Morgan fingerprint density at radius 2 is 2.09 bits per heavy atom. The largest absolute Gasteiger partial charge is 0.461 e. The average Bonchev–Trinajstić information content (AvgIpc) is 3.51. The van der Waals surface area contributed by atoms with Crippen molar-refractivity contribution in [1.29, 1.82) is 5.26 Å². The summed E-state index contributed by atoms with van der Waals surface area (Å²) in [5.74, 6) is 0.819. The number of carbonyl (C=O) groups is 1. The van der Waals surface area contributed by atoms with Gasteiger partial charge < -0.3 is 9.73 Å². The van der Waals surface area contributed by atoms with Gasteiger partial charge in [0.1, 0.15) is 17.7 Å². The van der Waals surface area contributed by atoms with E-state index in [1.54, 1.807) is 42.0 Å². The van der Waals surface area contributed by atoms with Crippen LogP contribution in [0, 0.1) is 31.0 Å². The first-order valence-electron chi connectivity index (χ1n) is 10.2. The minimum absolute atomic E-state index is 0.0492. The maximum Gasteiger partial charge on any atom is 0.236 e. The van der Waals surface area contributed by atoms with Crippen molar-refractivity contribution >= 4 is 23.5 Å². The Kier molecular flexibility index (Phi) is 6.33. The number of anilines is 1. The van der Waals surface area contributed by atoms with E-state index in [-0.39, 0.29) is 11.7 Å². The Morgan fingerprint density at radius 1 is 1.27 bits per heavy atom. The summed E-state index contributed by atoms with van der Waals surface area (Å²) in [5.41, 5.74) is 2.33. The van der Waals surface area contributed by atoms with E-state index in [1.165, 1.54) is 23.9 Å². The Bertz CT molecular complexity index is 1350. The molecule has 168 valence electrons. The molecule has 8 nitrogen and oxygen atoms in total. The molecule has 3 aromatic heterocycles. The smallest absolute Gasteiger partial charge is 0.236 e. The lowest BCUT2D eigenvalue weighted by molar-refractivity contribution is -0.113. The van der Waals surface area contributed by atoms with Crippen molar-refractivity contribution < 1.29 is 13.6 Å². The molecule has 1 aromatic carbocycles. The molecule has 1 amide bonds. The summed E-state index contributed by atoms with van der Waals surface area (Å²) in [6, 6.07) is 11.7. The highest BCUT2D eigenvalue weighted by Gasteiger charge is 2.22. The van der Waals surface area contributed by atoms with E-state index in [9.17, 15) is 14.4 Å². The van der Waals surface area contributed by atoms with Crippen molar-refractivity contribution in [2.24, 2.45) is 0 Å². The van der Waals surface area contributed by atoms with Crippen LogP contribution in [0.5, 0.6) is 0 Å². The number of furan rings is 1. The van der Waals surface area contributed by atoms with Crippen LogP contribution in [0.1, 0.15) is 23.7 Å². The first kappa shape index (κ1) is 22.4. The molecule has 0 bridgehead atoms. The quantitative estimate of drug-likeness (QED) is 0.398. The minimum atomic E-state index is -0.407. The monoisotopic (exact) mass is 464 g/mol. The molecule has 0 saturated heterocycles. The summed E-state index contributed by atoms with van der Waals surface area (Å²) in [6.45, 7) is 6.18. The van der Waals surface area contributed by atoms with Gasteiger partial charge in [-0.05, 0) is 56.7 Å². The summed E-state index contributed by atoms with van der Waals surface area (Å²) in [5, 5.41) is 21.5. The zero-order valence-electron chi connectivity index (χ0n) is 18.3. The van der Waals surface area contributed by atoms with Gasteiger partial charge in [-0.15, -0.1) is 10.2 Å². The Labute approximate surface area is 194 Å². The molecular formula is C23H21FN6O2S. The second kappa shape index (κ2) is 9.34. The van der Waals surface area contributed by atoms with Gasteiger partial charge >= 0.3 is 0 Å². The standard InChI is InChI=1S/C23H21FN6O2S/c1-4-29-22(19-9-6-10-32-19)27-28-23(29)33-13-20(31)26-21-18(12-25)14(2)15(3)30(21)17-8-5-7-16(24)11-17/h5-11H,4,13H2,1-3H3,(H,26,31). The maximum atomic E-state index is 13.9. The number of hydrogen-bond acceptors (Lipinski definition) is 6. The highest BCUT2D eigenvalue weighted by molar-refractivity contribution is 7.99. The van der Waals surface area contributed by atoms with Gasteiger partial charge in [0, 0.05) is 12.2 Å². The van der Waals surface area contributed by atoms with Crippen molar-refractivity contribution in [2.75, 3.05) is 11.1 Å². The molecule has 0 saturated carbocycles. The van der Waals surface area contributed by atoms with Crippen molar-refractivity contribution in [3.63, 3.8) is 0 Å². The van der Waals surface area contributed by atoms with E-state index < -0.39 is 5.82 Å². The summed E-state index contributed by atoms with van der Waals surface area (Å²) in [7, 11) is 0. The van der Waals surface area contributed by atoms with Gasteiger partial charge in [-0.1, -0.05) is 17.8 Å². The van der Waals surface area contributed by atoms with Gasteiger partial charge in [0.05, 0.1) is 23.3 Å². The normalized spacial score (nSPS) is 10.9. The second-order valence-electron chi connectivity index (χ2n) is 7.23. The lowest BCUT2D eigenvalue weighted by atomic mass is 10.2. The topological polar surface area (TPSA) is 102 Å². The van der Waals surface area contributed by atoms with Crippen molar-refractivity contribution in [3.8, 4) is 23.3 Å². The maximum absolute atomic E-state index is 13.9. The zero-order chi connectivity index (χ0) is 23.5. The first-order chi connectivity index (χ1) is 15.9. The van der Waals surface area contributed by atoms with Crippen LogP contribution in [0.25, 0.3) is 17.3 Å². The van der Waals surface area contributed by atoms with Crippen molar-refractivity contribution in [3.05, 3.63) is 65.3 Å². The first-order valence-corrected chi connectivity index (χ1v) is 11.2. The Balaban J connectivity index is 1.58. The van der Waals surface area contributed by atoms with Crippen molar-refractivity contribution in [1.82, 2.24) is 19.3 Å². The summed E-state index contributed by atoms with van der Waals surface area (Å²) in [4.78, 5) is 12.9. The lowest BCUT2D eigenvalue weighted by Gasteiger charge is -2.13. The number of halogens is 1. The number of aromatic nitrogens is 4. The lowest BCUT2D eigenvalue weighted by Crippen LogP contribution is -2.18. The van der Waals surface area contributed by atoms with Crippen LogP contribution in [0.4, 0.5) is 10.2 Å². The number of amides is 1. The molecule has 0 aliphatic rings. The Morgan fingerprint density at radius 3 is 2.76 bits per heavy atom. The third-order valence-corrected chi connectivity index (χ3v) is 6.22. The van der Waals surface area contributed by atoms with Gasteiger partial charge in [0.2, 0.25) is 5.91 Å². The highest BCUT2D eigenvalue weighted by Crippen LogP contribution is 2.31. The molecule has 10 heteroatoms. The molecule has 0 aliphatic carbocycles. The molecule has 0 aliphatic heterocycles. The molecule has 3 heterocycles. The van der Waals surface area contributed by atoms with Crippen LogP contribution in [-0.4, -0.2) is 31.0 Å². The fourth-order valence-corrected chi connectivity index (χ4v) is 4.37. The third-order valence-electron chi connectivity index (χ3n) is 5.26. The van der Waals surface area contributed by atoms with Crippen LogP contribution in [0.15, 0.2) is 52.2 Å². The van der Waals surface area contributed by atoms with Gasteiger partial charge in [-0.25, -0.2) is 4.39 Å². The van der Waals surface area contributed by atoms with E-state index >= 15 is 0 Å². The molecule has 0 atom stereocenters. The van der Waals surface area contributed by atoms with Crippen LogP contribution < -0.4 is 5.32 Å². The van der Waals surface area contributed by atoms with Crippen LogP contribution in [0.2, 0.25) is 0 Å². The molecule has 1 N–H and O–H groups in total. The van der Waals surface area contributed by atoms with Gasteiger partial charge in [0.25, 0.3) is 0 Å². The molecule has 4 aromatic rings. The summed E-state index contributed by atoms with van der Waals surface area (Å²) >= 11 is 1.23. The number of nitrogens with one attached hydrogen (secondary N) is 1. The molecule has 0 unspecified atom stereocenters. The number of rotatable bonds is 7. The van der Waals surface area contributed by atoms with Gasteiger partial charge in [0.15, 0.2) is 16.7 Å². The average molecular weight is 465 g/mol. The molecule has 0 spiro atoms. The fraction of sp³-hybridized carbons (Fsp3) is 0.217. The zero-order valence-corrected chi connectivity index (χ0v) is 19.1. The predicted octanol–water partition coefficient (Wildman–Crippen LogP) is 4.71. The van der Waals surface area contributed by atoms with Crippen LogP contribution in [-0.2, 0) is 11.3 Å². The van der Waals surface area contributed by atoms with Crippen LogP contribution >= 0.6 is 11.8 Å². The Hall–Kier alpha value is -3.84. The number of thioether (sulfide) groups is 1. The number of carbonyl (C=O) groups excluding carboxylic acids is 1. The summed E-state index contributed by atoms with van der Waals surface area (Å²) < 4.78 is 22.8. The van der Waals surface area contributed by atoms with E-state index in [1.807, 2.05) is 18.4 Å². The number of hydrogen-bond donors (Lipinski definition) is 1. The number of benzene rings is 1. The number of nitriles is 1. The number of nitrogens with zero attached hydrogens (tertiary/aromatic N) is 5. The van der Waals surface area contributed by atoms with Gasteiger partial charge in [-0.3, -0.25) is 13.9 Å². The molecule has 4 rings (SSSR count). The van der Waals surface area contributed by atoms with E-state index in [2.05, 4.69) is 21.6 Å². The highest BCUT2D eigenvalue weighted by atomic mass is 32.2. The minimum Gasteiger partial charge on any atom is -0.461 e. The van der Waals surface area contributed by atoms with Crippen molar-refractivity contribution in [2.45, 2.75) is 32.5 Å². The van der Waals surface area contributed by atoms with Crippen LogP contribution in [0.3, 0.4) is 0 Å². The third kappa shape index (κ3) is 4.27. The van der Waals surface area contributed by atoms with E-state index in [4.69, 9.17) is 4.42 Å². The molecular weight excluding hydrogens is 443 g/mol.